The number of ether oxygens (including phenoxy) is 1. The van der Waals surface area contributed by atoms with E-state index in [0.29, 0.717) is 0 Å². The average Bonchev–Trinajstić information content (AvgIpc) is 2.75. The first kappa shape index (κ1) is 19.1. The van der Waals surface area contributed by atoms with Gasteiger partial charge in [-0.2, -0.15) is 0 Å². The predicted molar refractivity (Wildman–Crippen MR) is 133 cm³/mol. The molecule has 0 atom stereocenters. The van der Waals surface area contributed by atoms with Gasteiger partial charge in [0.15, 0.2) is 6.20 Å². The lowest BCUT2D eigenvalue weighted by molar-refractivity contribution is -0.659. The predicted octanol–water partition coefficient (Wildman–Crippen LogP) is 7.49. The second-order valence-corrected chi connectivity index (χ2v) is 9.19. The summed E-state index contributed by atoms with van der Waals surface area (Å²) >= 11 is 0. The lowest BCUT2D eigenvalue weighted by Crippen LogP contribution is -2.31. The standard InChI is InChI=1S/C30H26NO/c1-17-12-18(2)27(19(3)13-17)23-14-22-10-11-31(5)30-28-20(4)24-9-7-6-8-21(24)15-25(28)32-26(16-23)29(22)30/h6-16H,1-5H3/q+1. The molecule has 0 saturated heterocycles. The number of nitrogens with zero attached hydrogens (tertiary/aromatic N) is 1. The van der Waals surface area contributed by atoms with Crippen molar-refractivity contribution < 1.29 is 9.30 Å². The summed E-state index contributed by atoms with van der Waals surface area (Å²) in [6.07, 6.45) is 2.17. The minimum absolute atomic E-state index is 0.935. The van der Waals surface area contributed by atoms with Crippen LogP contribution >= 0.6 is 0 Å². The molecule has 6 rings (SSSR count). The zero-order chi connectivity index (χ0) is 22.1. The highest BCUT2D eigenvalue weighted by Crippen LogP contribution is 2.49. The Bertz CT molecular complexity index is 1570. The lowest BCUT2D eigenvalue weighted by Gasteiger charge is -2.23. The molecule has 0 amide bonds. The van der Waals surface area contributed by atoms with Gasteiger partial charge in [-0.1, -0.05) is 42.0 Å². The number of hydrogen-bond acceptors (Lipinski definition) is 1. The Morgan fingerprint density at radius 1 is 0.719 bits per heavy atom. The molecule has 0 N–H and O–H groups in total. The normalized spacial score (nSPS) is 12.2. The van der Waals surface area contributed by atoms with Crippen molar-refractivity contribution in [1.82, 2.24) is 0 Å². The van der Waals surface area contributed by atoms with E-state index < -0.39 is 0 Å². The van der Waals surface area contributed by atoms with Crippen LogP contribution in [0, 0.1) is 27.7 Å². The third-order valence-electron chi connectivity index (χ3n) is 6.90. The number of rotatable bonds is 1. The third-order valence-corrected chi connectivity index (χ3v) is 6.90. The smallest absolute Gasteiger partial charge is 0.228 e. The molecule has 156 valence electrons. The second-order valence-electron chi connectivity index (χ2n) is 9.19. The summed E-state index contributed by atoms with van der Waals surface area (Å²) < 4.78 is 8.88. The van der Waals surface area contributed by atoms with Crippen LogP contribution in [-0.4, -0.2) is 0 Å². The fourth-order valence-corrected chi connectivity index (χ4v) is 5.62. The van der Waals surface area contributed by atoms with E-state index in [0.717, 1.165) is 11.5 Å². The lowest BCUT2D eigenvalue weighted by atomic mass is 9.89. The van der Waals surface area contributed by atoms with Crippen molar-refractivity contribution in [2.24, 2.45) is 7.05 Å². The number of benzene rings is 4. The van der Waals surface area contributed by atoms with Crippen LogP contribution < -0.4 is 9.30 Å². The second kappa shape index (κ2) is 6.67. The maximum Gasteiger partial charge on any atom is 0.228 e. The van der Waals surface area contributed by atoms with Gasteiger partial charge in [-0.05, 0) is 89.9 Å². The first-order chi connectivity index (χ1) is 15.4. The summed E-state index contributed by atoms with van der Waals surface area (Å²) in [7, 11) is 2.13. The first-order valence-corrected chi connectivity index (χ1v) is 11.2. The highest BCUT2D eigenvalue weighted by atomic mass is 16.5. The van der Waals surface area contributed by atoms with Crippen LogP contribution in [0.3, 0.4) is 0 Å². The van der Waals surface area contributed by atoms with Crippen LogP contribution in [-0.2, 0) is 7.05 Å². The topological polar surface area (TPSA) is 13.1 Å². The van der Waals surface area contributed by atoms with E-state index in [-0.39, 0.29) is 0 Å². The van der Waals surface area contributed by atoms with Gasteiger partial charge >= 0.3 is 0 Å². The molecule has 0 radical (unpaired) electrons. The summed E-state index contributed by atoms with van der Waals surface area (Å²) in [5.74, 6) is 1.87. The molecular formula is C30H26NO+. The fourth-order valence-electron chi connectivity index (χ4n) is 5.62. The largest absolute Gasteiger partial charge is 0.456 e. The van der Waals surface area contributed by atoms with Gasteiger partial charge in [0.25, 0.3) is 0 Å². The van der Waals surface area contributed by atoms with Crippen molar-refractivity contribution >= 4 is 21.5 Å². The van der Waals surface area contributed by atoms with E-state index in [4.69, 9.17) is 4.74 Å². The maximum atomic E-state index is 6.65. The number of aryl methyl sites for hydroxylation is 5. The molecule has 1 aliphatic rings. The van der Waals surface area contributed by atoms with Crippen molar-refractivity contribution in [2.45, 2.75) is 27.7 Å². The molecule has 0 saturated carbocycles. The Balaban J connectivity index is 1.70. The summed E-state index contributed by atoms with van der Waals surface area (Å²) in [4.78, 5) is 0. The highest BCUT2D eigenvalue weighted by Gasteiger charge is 2.30. The molecule has 5 aromatic rings. The van der Waals surface area contributed by atoms with Crippen LogP contribution in [0.4, 0.5) is 0 Å². The Kier molecular flexibility index (Phi) is 3.98. The summed E-state index contributed by atoms with van der Waals surface area (Å²) in [6.45, 7) is 8.77. The van der Waals surface area contributed by atoms with E-state index in [1.54, 1.807) is 0 Å². The van der Waals surface area contributed by atoms with Gasteiger partial charge in [-0.25, -0.2) is 4.57 Å². The molecule has 2 heteroatoms. The number of fused-ring (bicyclic) bond motifs is 3. The van der Waals surface area contributed by atoms with Crippen LogP contribution in [0.15, 0.2) is 66.9 Å². The van der Waals surface area contributed by atoms with Crippen molar-refractivity contribution in [3.63, 3.8) is 0 Å². The van der Waals surface area contributed by atoms with Crippen molar-refractivity contribution in [1.29, 1.82) is 0 Å². The number of pyridine rings is 1. The van der Waals surface area contributed by atoms with E-state index in [9.17, 15) is 0 Å². The molecule has 1 aliphatic heterocycles. The van der Waals surface area contributed by atoms with Gasteiger partial charge in [-0.15, -0.1) is 0 Å². The zero-order valence-corrected chi connectivity index (χ0v) is 19.2. The third kappa shape index (κ3) is 2.62. The van der Waals surface area contributed by atoms with Crippen LogP contribution in [0.1, 0.15) is 22.3 Å². The SMILES string of the molecule is Cc1cc(C)c(-c2cc3c4c([n+](C)ccc4c2)-c2c(cc4ccccc4c2C)O3)c(C)c1. The molecule has 32 heavy (non-hydrogen) atoms. The Labute approximate surface area is 188 Å². The van der Waals surface area contributed by atoms with Crippen LogP contribution in [0.2, 0.25) is 0 Å². The van der Waals surface area contributed by atoms with Crippen LogP contribution in [0.25, 0.3) is 43.9 Å². The van der Waals surface area contributed by atoms with Crippen molar-refractivity contribution in [2.75, 3.05) is 0 Å². The van der Waals surface area contributed by atoms with Crippen molar-refractivity contribution in [3.05, 3.63) is 89.1 Å². The van der Waals surface area contributed by atoms with Crippen molar-refractivity contribution in [3.8, 4) is 33.9 Å². The molecule has 2 heterocycles. The molecule has 0 bridgehead atoms. The molecule has 2 nitrogen and oxygen atoms in total. The minimum Gasteiger partial charge on any atom is -0.456 e. The van der Waals surface area contributed by atoms with E-state index in [2.05, 4.69) is 106 Å². The van der Waals surface area contributed by atoms with E-state index in [1.807, 2.05) is 0 Å². The van der Waals surface area contributed by atoms with E-state index in [1.165, 1.54) is 66.2 Å². The molecule has 4 aromatic carbocycles. The Hall–Kier alpha value is -3.65. The molecule has 0 unspecified atom stereocenters. The van der Waals surface area contributed by atoms with Gasteiger partial charge < -0.3 is 4.74 Å². The highest BCUT2D eigenvalue weighted by molar-refractivity contribution is 6.06. The van der Waals surface area contributed by atoms with Gasteiger partial charge in [-0.3, -0.25) is 0 Å². The summed E-state index contributed by atoms with van der Waals surface area (Å²) in [6, 6.07) is 22.0. The average molecular weight is 417 g/mol. The van der Waals surface area contributed by atoms with Gasteiger partial charge in [0, 0.05) is 6.07 Å². The fraction of sp³-hybridized carbons (Fsp3) is 0.167. The molecule has 0 aliphatic carbocycles. The minimum atomic E-state index is 0.935. The Morgan fingerprint density at radius 3 is 2.25 bits per heavy atom. The zero-order valence-electron chi connectivity index (χ0n) is 19.2. The molecule has 0 fully saturated rings. The number of hydrogen-bond donors (Lipinski definition) is 0. The summed E-state index contributed by atoms with van der Waals surface area (Å²) in [5, 5.41) is 4.89. The van der Waals surface area contributed by atoms with Crippen LogP contribution in [0.5, 0.6) is 11.5 Å². The van der Waals surface area contributed by atoms with Gasteiger partial charge in [0.05, 0.1) is 10.9 Å². The maximum absolute atomic E-state index is 6.65. The first-order valence-electron chi connectivity index (χ1n) is 11.2. The van der Waals surface area contributed by atoms with Gasteiger partial charge in [0.2, 0.25) is 5.69 Å². The Morgan fingerprint density at radius 2 is 1.47 bits per heavy atom. The monoisotopic (exact) mass is 416 g/mol. The number of aromatic nitrogens is 1. The van der Waals surface area contributed by atoms with E-state index >= 15 is 0 Å². The molecular weight excluding hydrogens is 390 g/mol. The molecule has 0 spiro atoms. The molecule has 1 aromatic heterocycles. The quantitative estimate of drug-likeness (QED) is 0.253. The van der Waals surface area contributed by atoms with Gasteiger partial charge in [0.1, 0.15) is 18.5 Å². The summed E-state index contributed by atoms with van der Waals surface area (Å²) in [5.41, 5.74) is 10.1.